The van der Waals surface area contributed by atoms with Gasteiger partial charge in [-0.05, 0) is 6.92 Å². The van der Waals surface area contributed by atoms with Crippen LogP contribution < -0.4 is 5.32 Å². The fourth-order valence-electron chi connectivity index (χ4n) is 0.983. The number of hydrogen-bond acceptors (Lipinski definition) is 6. The van der Waals surface area contributed by atoms with Crippen molar-refractivity contribution >= 4 is 23.5 Å². The van der Waals surface area contributed by atoms with Gasteiger partial charge in [-0.3, -0.25) is 0 Å². The van der Waals surface area contributed by atoms with E-state index in [0.717, 1.165) is 0 Å². The highest BCUT2D eigenvalue weighted by molar-refractivity contribution is 7.80. The highest BCUT2D eigenvalue weighted by atomic mass is 32.1. The molecule has 0 unspecified atom stereocenters. The van der Waals surface area contributed by atoms with Crippen molar-refractivity contribution < 1.29 is 25.2 Å². The minimum atomic E-state index is -1.62. The molecule has 7 heteroatoms. The number of thiocarbonyl (C=S) groups is 1. The normalized spacial score (nSPS) is 18.7. The van der Waals surface area contributed by atoms with E-state index in [1.54, 1.807) is 0 Å². The van der Waals surface area contributed by atoms with E-state index in [2.05, 4.69) is 17.5 Å². The number of carbonyl (C=O) groups excluding carboxylic acids is 1. The zero-order chi connectivity index (χ0) is 12.0. The molecule has 0 aromatic rings. The molecule has 0 spiro atoms. The molecule has 5 N–H and O–H groups in total. The maximum Gasteiger partial charge on any atom is 0.144 e. The lowest BCUT2D eigenvalue weighted by atomic mass is 10.0. The van der Waals surface area contributed by atoms with E-state index in [1.807, 2.05) is 0 Å². The van der Waals surface area contributed by atoms with Crippen LogP contribution in [0.4, 0.5) is 0 Å². The molecule has 88 valence electrons. The Kier molecular flexibility index (Phi) is 6.53. The van der Waals surface area contributed by atoms with E-state index in [0.29, 0.717) is 6.29 Å². The quantitative estimate of drug-likeness (QED) is 0.258. The number of nitrogens with one attached hydrogen (secondary N) is 1. The second kappa shape index (κ2) is 6.81. The van der Waals surface area contributed by atoms with Crippen LogP contribution in [0.1, 0.15) is 6.92 Å². The maximum atomic E-state index is 10.6. The van der Waals surface area contributed by atoms with E-state index >= 15 is 0 Å². The molecule has 0 aliphatic heterocycles. The standard InChI is InChI=1S/C8H15NO5S/c1-4(15)9-5(2-10)7(13)8(14)6(12)3-11/h2,5-8,11-14H,3H2,1H3,(H,9,15)/t5-,6+,7+,8-/m0/s1. The molecular formula is C8H15NO5S. The number of carbonyl (C=O) groups is 1. The van der Waals surface area contributed by atoms with Crippen LogP contribution in [0, 0.1) is 0 Å². The van der Waals surface area contributed by atoms with Gasteiger partial charge in [-0.25, -0.2) is 0 Å². The Morgan fingerprint density at radius 2 is 1.93 bits per heavy atom. The molecule has 0 aromatic carbocycles. The first-order valence-electron chi connectivity index (χ1n) is 4.31. The van der Waals surface area contributed by atoms with Gasteiger partial charge in [-0.2, -0.15) is 0 Å². The van der Waals surface area contributed by atoms with Gasteiger partial charge < -0.3 is 30.5 Å². The van der Waals surface area contributed by atoms with Crippen LogP contribution in [0.15, 0.2) is 0 Å². The fourth-order valence-corrected chi connectivity index (χ4v) is 1.12. The Balaban J connectivity index is 4.42. The van der Waals surface area contributed by atoms with E-state index in [9.17, 15) is 15.0 Å². The number of aliphatic hydroxyl groups is 4. The molecule has 0 heterocycles. The van der Waals surface area contributed by atoms with Crippen molar-refractivity contribution in [3.63, 3.8) is 0 Å². The van der Waals surface area contributed by atoms with Crippen molar-refractivity contribution in [2.75, 3.05) is 6.61 Å². The second-order valence-corrected chi connectivity index (χ2v) is 3.71. The summed E-state index contributed by atoms with van der Waals surface area (Å²) in [4.78, 5) is 10.8. The van der Waals surface area contributed by atoms with Crippen molar-refractivity contribution in [1.29, 1.82) is 0 Å². The molecule has 0 fully saturated rings. The number of aliphatic hydroxyl groups excluding tert-OH is 4. The van der Waals surface area contributed by atoms with Crippen molar-refractivity contribution in [3.05, 3.63) is 0 Å². The van der Waals surface area contributed by atoms with Gasteiger partial charge >= 0.3 is 0 Å². The molecule has 0 rings (SSSR count). The van der Waals surface area contributed by atoms with Gasteiger partial charge in [0.05, 0.1) is 11.6 Å². The van der Waals surface area contributed by atoms with Crippen molar-refractivity contribution in [3.8, 4) is 0 Å². The van der Waals surface area contributed by atoms with Gasteiger partial charge in [0.25, 0.3) is 0 Å². The zero-order valence-electron chi connectivity index (χ0n) is 8.20. The summed E-state index contributed by atoms with van der Waals surface area (Å²) >= 11 is 4.66. The Labute approximate surface area is 92.5 Å². The van der Waals surface area contributed by atoms with Gasteiger partial charge in [0, 0.05) is 0 Å². The fraction of sp³-hybridized carbons (Fsp3) is 0.750. The second-order valence-electron chi connectivity index (χ2n) is 3.09. The number of aldehydes is 1. The number of rotatable bonds is 6. The first kappa shape index (κ1) is 14.4. The monoisotopic (exact) mass is 237 g/mol. The molecule has 15 heavy (non-hydrogen) atoms. The van der Waals surface area contributed by atoms with Crippen molar-refractivity contribution in [2.24, 2.45) is 0 Å². The average molecular weight is 237 g/mol. The molecule has 0 aliphatic carbocycles. The van der Waals surface area contributed by atoms with Crippen LogP contribution in [0.5, 0.6) is 0 Å². The highest BCUT2D eigenvalue weighted by Gasteiger charge is 2.30. The van der Waals surface area contributed by atoms with E-state index in [1.165, 1.54) is 6.92 Å². The van der Waals surface area contributed by atoms with Crippen LogP contribution >= 0.6 is 12.2 Å². The highest BCUT2D eigenvalue weighted by Crippen LogP contribution is 2.03. The lowest BCUT2D eigenvalue weighted by Crippen LogP contribution is -2.52. The third-order valence-electron chi connectivity index (χ3n) is 1.82. The maximum absolute atomic E-state index is 10.6. The Hall–Kier alpha value is -0.600. The lowest BCUT2D eigenvalue weighted by Gasteiger charge is -2.26. The van der Waals surface area contributed by atoms with E-state index in [4.69, 9.17) is 10.2 Å². The molecule has 0 saturated carbocycles. The topological polar surface area (TPSA) is 110 Å². The Morgan fingerprint density at radius 1 is 1.40 bits per heavy atom. The van der Waals surface area contributed by atoms with Gasteiger partial charge in [-0.15, -0.1) is 0 Å². The Morgan fingerprint density at radius 3 is 2.27 bits per heavy atom. The molecule has 0 amide bonds. The summed E-state index contributed by atoms with van der Waals surface area (Å²) in [6.45, 7) is 0.799. The molecule has 0 saturated heterocycles. The lowest BCUT2D eigenvalue weighted by molar-refractivity contribution is -0.119. The molecule has 0 bridgehead atoms. The summed E-state index contributed by atoms with van der Waals surface area (Å²) in [7, 11) is 0. The van der Waals surface area contributed by atoms with E-state index < -0.39 is 31.0 Å². The van der Waals surface area contributed by atoms with Gasteiger partial charge in [0.1, 0.15) is 30.6 Å². The van der Waals surface area contributed by atoms with Gasteiger partial charge in [0.2, 0.25) is 0 Å². The molecule has 0 aliphatic rings. The van der Waals surface area contributed by atoms with Gasteiger partial charge in [-0.1, -0.05) is 12.2 Å². The zero-order valence-corrected chi connectivity index (χ0v) is 9.02. The first-order valence-corrected chi connectivity index (χ1v) is 4.72. The predicted octanol–water partition coefficient (Wildman–Crippen LogP) is -2.43. The summed E-state index contributed by atoms with van der Waals surface area (Å²) in [6.07, 6.45) is -4.29. The third-order valence-corrected chi connectivity index (χ3v) is 1.93. The number of hydrogen-bond donors (Lipinski definition) is 5. The smallest absolute Gasteiger partial charge is 0.144 e. The molecule has 0 aromatic heterocycles. The van der Waals surface area contributed by atoms with Crippen molar-refractivity contribution in [2.45, 2.75) is 31.3 Å². The third kappa shape index (κ3) is 4.63. The first-order chi connectivity index (χ1) is 6.93. The van der Waals surface area contributed by atoms with E-state index in [-0.39, 0.29) is 4.99 Å². The van der Waals surface area contributed by atoms with Crippen LogP contribution in [0.25, 0.3) is 0 Å². The average Bonchev–Trinajstić information content (AvgIpc) is 2.22. The molecule has 6 nitrogen and oxygen atoms in total. The van der Waals surface area contributed by atoms with Crippen LogP contribution in [0.2, 0.25) is 0 Å². The SMILES string of the molecule is CC(=S)N[C@@H](C=O)[C@@H](O)[C@@H](O)[C@H](O)CO. The summed E-state index contributed by atoms with van der Waals surface area (Å²) in [5.41, 5.74) is 0. The Bertz CT molecular complexity index is 225. The summed E-state index contributed by atoms with van der Waals surface area (Å²) in [6, 6.07) is -1.11. The molecule has 4 atom stereocenters. The van der Waals surface area contributed by atoms with Crippen LogP contribution in [0.3, 0.4) is 0 Å². The summed E-state index contributed by atoms with van der Waals surface area (Å²) in [5.74, 6) is 0. The van der Waals surface area contributed by atoms with Crippen molar-refractivity contribution in [1.82, 2.24) is 5.32 Å². The predicted molar refractivity (Wildman–Crippen MR) is 56.4 cm³/mol. The molecular weight excluding hydrogens is 222 g/mol. The summed E-state index contributed by atoms with van der Waals surface area (Å²) < 4.78 is 0. The van der Waals surface area contributed by atoms with Gasteiger partial charge in [0.15, 0.2) is 0 Å². The molecule has 0 radical (unpaired) electrons. The van der Waals surface area contributed by atoms with Crippen LogP contribution in [-0.2, 0) is 4.79 Å². The summed E-state index contributed by atoms with van der Waals surface area (Å²) in [5, 5.41) is 38.8. The largest absolute Gasteiger partial charge is 0.394 e. The minimum absolute atomic E-state index is 0.275. The minimum Gasteiger partial charge on any atom is -0.394 e. The van der Waals surface area contributed by atoms with Crippen LogP contribution in [-0.4, -0.2) is 62.7 Å².